The maximum Gasteiger partial charge on any atom is 0.408 e. The summed E-state index contributed by atoms with van der Waals surface area (Å²) in [4.78, 5) is 50.9. The Bertz CT molecular complexity index is 1260. The van der Waals surface area contributed by atoms with Gasteiger partial charge in [0.05, 0.1) is 7.11 Å². The molecule has 2 aliphatic rings. The van der Waals surface area contributed by atoms with Crippen LogP contribution in [0.2, 0.25) is 0 Å². The summed E-state index contributed by atoms with van der Waals surface area (Å²) < 4.78 is 10.3. The lowest BCUT2D eigenvalue weighted by Crippen LogP contribution is -2.70. The molecule has 2 aromatic rings. The first-order valence-electron chi connectivity index (χ1n) is 11.0. The highest BCUT2D eigenvalue weighted by Crippen LogP contribution is 2.38. The number of methoxy groups -OCH3 is 1. The third-order valence-corrected chi connectivity index (χ3v) is 6.93. The zero-order chi connectivity index (χ0) is 26.7. The average molecular weight is 530 g/mol. The van der Waals surface area contributed by atoms with Crippen LogP contribution in [0.3, 0.4) is 0 Å². The van der Waals surface area contributed by atoms with Crippen molar-refractivity contribution >= 4 is 35.6 Å². The van der Waals surface area contributed by atoms with Gasteiger partial charge >= 0.3 is 12.1 Å². The summed E-state index contributed by atoms with van der Waals surface area (Å²) in [5.74, 6) is -2.49. The summed E-state index contributed by atoms with van der Waals surface area (Å²) in [6.45, 7) is -0.120. The van der Waals surface area contributed by atoms with E-state index in [2.05, 4.69) is 10.6 Å². The molecule has 2 aliphatic heterocycles. The van der Waals surface area contributed by atoms with Gasteiger partial charge in [0.15, 0.2) is 0 Å². The van der Waals surface area contributed by atoms with Crippen LogP contribution in [0.15, 0.2) is 54.2 Å². The number of nitrogens with one attached hydrogen (secondary N) is 2. The first-order chi connectivity index (χ1) is 17.7. The number of aliphatic carboxylic acids is 1. The quantitative estimate of drug-likeness (QED) is 0.315. The monoisotopic (exact) mass is 529 g/mol. The Morgan fingerprint density at radius 3 is 2.54 bits per heavy atom. The predicted octanol–water partition coefficient (Wildman–Crippen LogP) is 1.44. The average Bonchev–Trinajstić information content (AvgIpc) is 2.89. The number of ether oxygens (including phenoxy) is 2. The Labute approximate surface area is 214 Å². The number of carboxylic acids is 1. The number of nitrogens with zero attached hydrogens (tertiary/aromatic N) is 1. The third kappa shape index (κ3) is 5.40. The molecule has 0 saturated carbocycles. The van der Waals surface area contributed by atoms with Crippen LogP contribution < -0.4 is 15.4 Å². The molecule has 37 heavy (non-hydrogen) atoms. The first kappa shape index (κ1) is 25.7. The first-order valence-corrected chi connectivity index (χ1v) is 12.0. The van der Waals surface area contributed by atoms with Crippen LogP contribution in [0.4, 0.5) is 4.79 Å². The van der Waals surface area contributed by atoms with Gasteiger partial charge in [0.25, 0.3) is 5.91 Å². The molecule has 13 heteroatoms. The van der Waals surface area contributed by atoms with Crippen molar-refractivity contribution in [3.05, 3.63) is 65.4 Å². The molecule has 5 N–H and O–H groups in total. The topological polar surface area (TPSA) is 175 Å². The minimum absolute atomic E-state index is 0.0530. The molecule has 1 saturated heterocycles. The fraction of sp³-hybridized carbons (Fsp3) is 0.250. The lowest BCUT2D eigenvalue weighted by Gasteiger charge is -2.48. The highest BCUT2D eigenvalue weighted by atomic mass is 32.2. The number of hydrogen-bond acceptors (Lipinski definition) is 9. The molecular formula is C24H23N3O9S. The van der Waals surface area contributed by atoms with E-state index in [-0.39, 0.29) is 23.6 Å². The van der Waals surface area contributed by atoms with Gasteiger partial charge in [-0.1, -0.05) is 12.1 Å². The molecule has 4 rings (SSSR count). The number of carbonyl (C=O) groups excluding carboxylic acids is 3. The normalized spacial score (nSPS) is 19.0. The second kappa shape index (κ2) is 10.7. The van der Waals surface area contributed by atoms with Gasteiger partial charge in [-0.2, -0.15) is 0 Å². The zero-order valence-corrected chi connectivity index (χ0v) is 20.2. The number of carboxylic acid groups (broad SMARTS) is 1. The summed E-state index contributed by atoms with van der Waals surface area (Å²) in [5, 5.41) is 33.5. The van der Waals surface area contributed by atoms with E-state index in [1.165, 1.54) is 37.1 Å². The molecule has 0 aliphatic carbocycles. The van der Waals surface area contributed by atoms with Crippen molar-refractivity contribution in [3.8, 4) is 17.2 Å². The number of amides is 3. The molecule has 0 aromatic heterocycles. The van der Waals surface area contributed by atoms with Gasteiger partial charge < -0.3 is 35.4 Å². The van der Waals surface area contributed by atoms with Gasteiger partial charge in [-0.25, -0.2) is 9.59 Å². The predicted molar refractivity (Wildman–Crippen MR) is 130 cm³/mol. The molecule has 2 aromatic carbocycles. The molecule has 0 radical (unpaired) electrons. The second-order valence-corrected chi connectivity index (χ2v) is 9.21. The minimum atomic E-state index is -1.49. The number of phenols is 2. The van der Waals surface area contributed by atoms with Crippen LogP contribution in [0.25, 0.3) is 0 Å². The van der Waals surface area contributed by atoms with Crippen LogP contribution in [0.1, 0.15) is 17.2 Å². The number of rotatable bonds is 8. The number of fused-ring (bicyclic) bond motifs is 1. The molecule has 2 heterocycles. The van der Waals surface area contributed by atoms with E-state index in [4.69, 9.17) is 9.47 Å². The van der Waals surface area contributed by atoms with Crippen LogP contribution in [-0.2, 0) is 25.7 Å². The molecular weight excluding hydrogens is 506 g/mol. The Hall–Kier alpha value is -4.39. The number of thioether (sulfide) groups is 1. The highest BCUT2D eigenvalue weighted by molar-refractivity contribution is 8.00. The summed E-state index contributed by atoms with van der Waals surface area (Å²) in [6, 6.07) is 7.69. The third-order valence-electron chi connectivity index (χ3n) is 5.74. The Balaban J connectivity index is 1.47. The van der Waals surface area contributed by atoms with Crippen LogP contribution in [-0.4, -0.2) is 68.4 Å². The maximum atomic E-state index is 13.2. The smallest absolute Gasteiger partial charge is 0.408 e. The largest absolute Gasteiger partial charge is 0.508 e. The number of benzene rings is 2. The SMILES string of the molecule is COc1ccc(COC(=O)NC(C(=O)NC2C(=O)N3C(C(=O)O)=CCS[C@@H]23)c2ccc(O)cc2O)cc1. The summed E-state index contributed by atoms with van der Waals surface area (Å²) >= 11 is 1.27. The number of aromatic hydroxyl groups is 2. The lowest BCUT2D eigenvalue weighted by atomic mass is 10.0. The van der Waals surface area contributed by atoms with E-state index in [0.29, 0.717) is 17.1 Å². The maximum absolute atomic E-state index is 13.2. The number of hydrogen-bond donors (Lipinski definition) is 5. The van der Waals surface area contributed by atoms with Crippen molar-refractivity contribution in [1.82, 2.24) is 15.5 Å². The standard InChI is InChI=1S/C24H23N3O9S/c1-35-14-5-2-12(3-6-14)11-36-24(34)26-18(15-7-4-13(28)10-17(15)29)20(30)25-19-21(31)27-16(23(32)33)8-9-37-22(19)27/h2-8,10,18-19,22,28-29H,9,11H2,1H3,(H,25,30)(H,26,34)(H,32,33)/t18?,19?,22-/m0/s1. The Morgan fingerprint density at radius 2 is 1.89 bits per heavy atom. The van der Waals surface area contributed by atoms with Crippen molar-refractivity contribution in [3.63, 3.8) is 0 Å². The molecule has 0 spiro atoms. The lowest BCUT2D eigenvalue weighted by molar-refractivity contribution is -0.150. The van der Waals surface area contributed by atoms with Crippen LogP contribution in [0, 0.1) is 0 Å². The Kier molecular flexibility index (Phi) is 7.43. The van der Waals surface area contributed by atoms with Gasteiger partial charge in [0.2, 0.25) is 5.91 Å². The number of carbonyl (C=O) groups is 4. The fourth-order valence-electron chi connectivity index (χ4n) is 3.87. The number of β-lactam (4-membered cyclic amide) rings is 1. The number of alkyl carbamates (subject to hydrolysis) is 1. The van der Waals surface area contributed by atoms with Crippen molar-refractivity contribution in [2.45, 2.75) is 24.1 Å². The Morgan fingerprint density at radius 1 is 1.16 bits per heavy atom. The second-order valence-electron chi connectivity index (χ2n) is 8.06. The zero-order valence-electron chi connectivity index (χ0n) is 19.4. The molecule has 0 bridgehead atoms. The summed E-state index contributed by atoms with van der Waals surface area (Å²) in [6.07, 6.45) is 0.435. The van der Waals surface area contributed by atoms with E-state index in [1.54, 1.807) is 24.3 Å². The molecule has 12 nitrogen and oxygen atoms in total. The minimum Gasteiger partial charge on any atom is -0.508 e. The van der Waals surface area contributed by atoms with Crippen LogP contribution >= 0.6 is 11.8 Å². The summed E-state index contributed by atoms with van der Waals surface area (Å²) in [7, 11) is 1.52. The van der Waals surface area contributed by atoms with E-state index in [9.17, 15) is 34.5 Å². The van der Waals surface area contributed by atoms with Gasteiger partial charge in [0.1, 0.15) is 47.0 Å². The van der Waals surface area contributed by atoms with Gasteiger partial charge in [-0.15, -0.1) is 11.8 Å². The molecule has 3 amide bonds. The molecule has 2 unspecified atom stereocenters. The van der Waals surface area contributed by atoms with E-state index in [0.717, 1.165) is 11.0 Å². The van der Waals surface area contributed by atoms with E-state index >= 15 is 0 Å². The van der Waals surface area contributed by atoms with Crippen molar-refractivity contribution in [1.29, 1.82) is 0 Å². The molecule has 194 valence electrons. The van der Waals surface area contributed by atoms with E-state index < -0.39 is 47.1 Å². The van der Waals surface area contributed by atoms with Gasteiger partial charge in [-0.3, -0.25) is 14.5 Å². The van der Waals surface area contributed by atoms with E-state index in [1.807, 2.05) is 0 Å². The van der Waals surface area contributed by atoms with Crippen LogP contribution in [0.5, 0.6) is 17.2 Å². The molecule has 1 fully saturated rings. The van der Waals surface area contributed by atoms with Crippen molar-refractivity contribution < 1.29 is 44.0 Å². The van der Waals surface area contributed by atoms with Crippen molar-refractivity contribution in [2.75, 3.05) is 12.9 Å². The highest BCUT2D eigenvalue weighted by Gasteiger charge is 2.53. The fourth-order valence-corrected chi connectivity index (χ4v) is 5.06. The van der Waals surface area contributed by atoms with Gasteiger partial charge in [-0.05, 0) is 35.9 Å². The number of phenolic OH excluding ortho intramolecular Hbond substituents is 2. The summed E-state index contributed by atoms with van der Waals surface area (Å²) in [5.41, 5.74) is 0.441. The van der Waals surface area contributed by atoms with Crippen molar-refractivity contribution in [2.24, 2.45) is 0 Å². The van der Waals surface area contributed by atoms with Gasteiger partial charge in [0, 0.05) is 17.4 Å². The molecule has 3 atom stereocenters.